The average molecular weight is 208 g/mol. The van der Waals surface area contributed by atoms with Gasteiger partial charge in [0.2, 0.25) is 0 Å². The van der Waals surface area contributed by atoms with Gasteiger partial charge in [0.25, 0.3) is 5.56 Å². The maximum Gasteiger partial charge on any atom is 0.258 e. The van der Waals surface area contributed by atoms with Crippen molar-refractivity contribution >= 4 is 27.1 Å². The molecule has 0 aromatic carbocycles. The van der Waals surface area contributed by atoms with E-state index in [1.165, 1.54) is 11.3 Å². The van der Waals surface area contributed by atoms with E-state index in [1.54, 1.807) is 0 Å². The zero-order chi connectivity index (χ0) is 10.3. The number of nitrogens with one attached hydrogen (secondary N) is 1. The number of hydrogen-bond donors (Lipinski definition) is 2. The molecular weight excluding hydrogens is 196 g/mol. The van der Waals surface area contributed by atoms with Gasteiger partial charge in [-0.05, 0) is 12.0 Å². The molecule has 3 nitrogen and oxygen atoms in total. The Kier molecular flexibility index (Phi) is 2.07. The molecule has 0 spiro atoms. The fourth-order valence-electron chi connectivity index (χ4n) is 1.42. The summed E-state index contributed by atoms with van der Waals surface area (Å²) in [6.07, 6.45) is 0. The third-order valence-corrected chi connectivity index (χ3v) is 3.19. The molecule has 3 N–H and O–H groups in total. The van der Waals surface area contributed by atoms with Crippen molar-refractivity contribution in [3.05, 3.63) is 27.5 Å². The van der Waals surface area contributed by atoms with Crippen molar-refractivity contribution in [2.75, 3.05) is 5.73 Å². The highest BCUT2D eigenvalue weighted by Gasteiger charge is 2.08. The Bertz CT molecular complexity index is 524. The smallest absolute Gasteiger partial charge is 0.258 e. The second-order valence-electron chi connectivity index (χ2n) is 3.64. The summed E-state index contributed by atoms with van der Waals surface area (Å²) in [7, 11) is 0. The molecule has 0 aliphatic heterocycles. The van der Waals surface area contributed by atoms with Crippen LogP contribution in [0.15, 0.2) is 16.2 Å². The molecule has 0 unspecified atom stereocenters. The Hall–Kier alpha value is -1.29. The van der Waals surface area contributed by atoms with Crippen LogP contribution in [0.25, 0.3) is 10.1 Å². The van der Waals surface area contributed by atoms with Crippen molar-refractivity contribution in [3.63, 3.8) is 0 Å². The summed E-state index contributed by atoms with van der Waals surface area (Å²) in [5.74, 6) is 0.329. The number of hydrogen-bond acceptors (Lipinski definition) is 3. The van der Waals surface area contributed by atoms with Crippen LogP contribution in [0.3, 0.4) is 0 Å². The first-order valence-electron chi connectivity index (χ1n) is 4.49. The molecule has 2 heterocycles. The Morgan fingerprint density at radius 2 is 2.21 bits per heavy atom. The number of aromatic amines is 1. The third-order valence-electron chi connectivity index (χ3n) is 2.24. The summed E-state index contributed by atoms with van der Waals surface area (Å²) in [6, 6.07) is 2.00. The average Bonchev–Trinajstić information content (AvgIpc) is 2.48. The zero-order valence-corrected chi connectivity index (χ0v) is 8.94. The normalized spacial score (nSPS) is 11.4. The minimum atomic E-state index is -0.0787. The van der Waals surface area contributed by atoms with Crippen LogP contribution in [-0.4, -0.2) is 4.98 Å². The highest BCUT2D eigenvalue weighted by Crippen LogP contribution is 2.26. The van der Waals surface area contributed by atoms with Crippen molar-refractivity contribution in [2.24, 2.45) is 0 Å². The molecule has 74 valence electrons. The molecule has 0 amide bonds. The minimum absolute atomic E-state index is 0.0787. The van der Waals surface area contributed by atoms with E-state index < -0.39 is 0 Å². The number of rotatable bonds is 1. The van der Waals surface area contributed by atoms with Crippen LogP contribution in [0, 0.1) is 0 Å². The summed E-state index contributed by atoms with van der Waals surface area (Å²) in [5.41, 5.74) is 7.15. The highest BCUT2D eigenvalue weighted by atomic mass is 32.1. The predicted octanol–water partition coefficient (Wildman–Crippen LogP) is 2.30. The highest BCUT2D eigenvalue weighted by molar-refractivity contribution is 7.17. The summed E-state index contributed by atoms with van der Waals surface area (Å²) in [6.45, 7) is 4.10. The van der Waals surface area contributed by atoms with Gasteiger partial charge in [-0.2, -0.15) is 0 Å². The summed E-state index contributed by atoms with van der Waals surface area (Å²) in [4.78, 5) is 14.5. The van der Waals surface area contributed by atoms with Crippen LogP contribution in [0.2, 0.25) is 0 Å². The monoisotopic (exact) mass is 208 g/mol. The molecule has 2 aromatic heterocycles. The molecular formula is C10H12N2OS. The fraction of sp³-hybridized carbons (Fsp3) is 0.300. The first-order valence-corrected chi connectivity index (χ1v) is 5.37. The van der Waals surface area contributed by atoms with Gasteiger partial charge in [-0.1, -0.05) is 13.8 Å². The SMILES string of the molecule is CC(C)c1cc2scc(N)c2c(=O)[nH]1. The number of anilines is 1. The largest absolute Gasteiger partial charge is 0.397 e. The van der Waals surface area contributed by atoms with E-state index in [0.29, 0.717) is 17.0 Å². The molecule has 0 saturated carbocycles. The van der Waals surface area contributed by atoms with Gasteiger partial charge >= 0.3 is 0 Å². The fourth-order valence-corrected chi connectivity index (χ4v) is 2.31. The molecule has 2 rings (SSSR count). The second-order valence-corrected chi connectivity index (χ2v) is 4.55. The summed E-state index contributed by atoms with van der Waals surface area (Å²) < 4.78 is 0.968. The van der Waals surface area contributed by atoms with Gasteiger partial charge in [-0.15, -0.1) is 11.3 Å². The van der Waals surface area contributed by atoms with Gasteiger partial charge in [-0.3, -0.25) is 4.79 Å². The first kappa shape index (κ1) is 9.27. The third kappa shape index (κ3) is 1.32. The quantitative estimate of drug-likeness (QED) is 0.755. The molecule has 14 heavy (non-hydrogen) atoms. The number of pyridine rings is 1. The van der Waals surface area contributed by atoms with Gasteiger partial charge < -0.3 is 10.7 Å². The number of H-pyrrole nitrogens is 1. The molecule has 2 aromatic rings. The van der Waals surface area contributed by atoms with E-state index in [1.807, 2.05) is 25.3 Å². The van der Waals surface area contributed by atoms with E-state index in [-0.39, 0.29) is 5.56 Å². The lowest BCUT2D eigenvalue weighted by Crippen LogP contribution is -2.10. The number of aromatic nitrogens is 1. The molecule has 0 fully saturated rings. The number of nitrogen functional groups attached to an aromatic ring is 1. The standard InChI is InChI=1S/C10H12N2OS/c1-5(2)7-3-8-9(10(13)12-7)6(11)4-14-8/h3-5H,11H2,1-2H3,(H,12,13). The molecule has 0 radical (unpaired) electrons. The number of thiophene rings is 1. The maximum atomic E-state index is 11.7. The van der Waals surface area contributed by atoms with Gasteiger partial charge in [-0.25, -0.2) is 0 Å². The van der Waals surface area contributed by atoms with Crippen LogP contribution in [0.5, 0.6) is 0 Å². The topological polar surface area (TPSA) is 58.9 Å². The van der Waals surface area contributed by atoms with Gasteiger partial charge in [0.1, 0.15) is 0 Å². The molecule has 0 aliphatic rings. The van der Waals surface area contributed by atoms with E-state index >= 15 is 0 Å². The summed E-state index contributed by atoms with van der Waals surface area (Å²) in [5, 5.41) is 2.43. The maximum absolute atomic E-state index is 11.7. The van der Waals surface area contributed by atoms with Gasteiger partial charge in [0.15, 0.2) is 0 Å². The number of nitrogens with two attached hydrogens (primary N) is 1. The van der Waals surface area contributed by atoms with Crippen molar-refractivity contribution in [2.45, 2.75) is 19.8 Å². The lowest BCUT2D eigenvalue weighted by Gasteiger charge is -2.04. The van der Waals surface area contributed by atoms with Crippen LogP contribution in [0.4, 0.5) is 5.69 Å². The van der Waals surface area contributed by atoms with Crippen molar-refractivity contribution in [1.29, 1.82) is 0 Å². The van der Waals surface area contributed by atoms with Crippen molar-refractivity contribution < 1.29 is 0 Å². The first-order chi connectivity index (χ1) is 6.59. The molecule has 0 aliphatic carbocycles. The molecule has 0 bridgehead atoms. The second kappa shape index (κ2) is 3.13. The number of fused-ring (bicyclic) bond motifs is 1. The Labute approximate surface area is 85.6 Å². The van der Waals surface area contributed by atoms with Crippen LogP contribution >= 0.6 is 11.3 Å². The van der Waals surface area contributed by atoms with Crippen LogP contribution in [0.1, 0.15) is 25.5 Å². The van der Waals surface area contributed by atoms with E-state index in [9.17, 15) is 4.79 Å². The van der Waals surface area contributed by atoms with Crippen LogP contribution in [-0.2, 0) is 0 Å². The van der Waals surface area contributed by atoms with Gasteiger partial charge in [0.05, 0.1) is 11.1 Å². The Morgan fingerprint density at radius 3 is 2.86 bits per heavy atom. The Morgan fingerprint density at radius 1 is 1.50 bits per heavy atom. The molecule has 0 atom stereocenters. The zero-order valence-electron chi connectivity index (χ0n) is 8.13. The van der Waals surface area contributed by atoms with E-state index in [2.05, 4.69) is 4.98 Å². The van der Waals surface area contributed by atoms with E-state index in [0.717, 1.165) is 10.4 Å². The summed E-state index contributed by atoms with van der Waals surface area (Å²) >= 11 is 1.51. The lowest BCUT2D eigenvalue weighted by atomic mass is 10.1. The minimum Gasteiger partial charge on any atom is -0.397 e. The van der Waals surface area contributed by atoms with E-state index in [4.69, 9.17) is 5.73 Å². The predicted molar refractivity (Wildman–Crippen MR) is 60.9 cm³/mol. The Balaban J connectivity index is 2.81. The van der Waals surface area contributed by atoms with Crippen molar-refractivity contribution in [1.82, 2.24) is 4.98 Å². The van der Waals surface area contributed by atoms with Crippen molar-refractivity contribution in [3.8, 4) is 0 Å². The molecule has 0 saturated heterocycles. The lowest BCUT2D eigenvalue weighted by molar-refractivity contribution is 0.821. The molecule has 4 heteroatoms. The van der Waals surface area contributed by atoms with Crippen LogP contribution < -0.4 is 11.3 Å². The van der Waals surface area contributed by atoms with Gasteiger partial charge in [0, 0.05) is 15.8 Å².